The molecule has 1 atom stereocenters. The van der Waals surface area contributed by atoms with E-state index in [1.807, 2.05) is 0 Å². The molecule has 0 radical (unpaired) electrons. The van der Waals surface area contributed by atoms with Crippen LogP contribution in [0.1, 0.15) is 32.1 Å². The molecule has 86 valence electrons. The van der Waals surface area contributed by atoms with Gasteiger partial charge >= 0.3 is 5.97 Å². The molecule has 2 fully saturated rings. The molecular weight excluding hydrogens is 194 g/mol. The third-order valence-corrected chi connectivity index (χ3v) is 3.46. The Morgan fingerprint density at radius 2 is 2.00 bits per heavy atom. The van der Waals surface area contributed by atoms with Crippen LogP contribution in [0.25, 0.3) is 0 Å². The minimum atomic E-state index is -0.824. The lowest BCUT2D eigenvalue weighted by Gasteiger charge is -2.38. The van der Waals surface area contributed by atoms with Crippen molar-refractivity contribution in [3.63, 3.8) is 0 Å². The van der Waals surface area contributed by atoms with Gasteiger partial charge in [-0.05, 0) is 12.8 Å². The molecule has 1 saturated carbocycles. The van der Waals surface area contributed by atoms with Gasteiger partial charge in [0.15, 0.2) is 6.10 Å². The van der Waals surface area contributed by atoms with Crippen LogP contribution in [0.5, 0.6) is 0 Å². The van der Waals surface area contributed by atoms with Gasteiger partial charge in [0.25, 0.3) is 0 Å². The van der Waals surface area contributed by atoms with Crippen molar-refractivity contribution in [2.24, 2.45) is 0 Å². The number of aliphatic carboxylic acids is 1. The lowest BCUT2D eigenvalue weighted by Crippen LogP contribution is -2.50. The number of ether oxygens (including phenoxy) is 1. The lowest BCUT2D eigenvalue weighted by atomic mass is 9.93. The molecule has 1 aliphatic heterocycles. The molecule has 2 rings (SSSR count). The normalized spacial score (nSPS) is 30.3. The van der Waals surface area contributed by atoms with E-state index >= 15 is 0 Å². The molecule has 1 unspecified atom stereocenters. The first-order valence-corrected chi connectivity index (χ1v) is 5.86. The molecule has 1 aliphatic carbocycles. The third-order valence-electron chi connectivity index (χ3n) is 3.46. The van der Waals surface area contributed by atoms with Crippen LogP contribution in [0, 0.1) is 0 Å². The molecule has 0 aromatic carbocycles. The average Bonchev–Trinajstić information content (AvgIpc) is 2.30. The van der Waals surface area contributed by atoms with Crippen molar-refractivity contribution >= 4 is 5.97 Å². The minimum absolute atomic E-state index is 0.563. The maximum atomic E-state index is 10.8. The van der Waals surface area contributed by atoms with Gasteiger partial charge in [0.1, 0.15) is 0 Å². The fraction of sp³-hybridized carbons (Fsp3) is 0.909. The molecule has 0 aromatic heterocycles. The predicted octanol–water partition coefficient (Wildman–Crippen LogP) is 1.10. The van der Waals surface area contributed by atoms with Gasteiger partial charge in [0.05, 0.1) is 6.61 Å². The van der Waals surface area contributed by atoms with E-state index in [9.17, 15) is 4.79 Å². The fourth-order valence-electron chi connectivity index (χ4n) is 2.60. The molecule has 0 bridgehead atoms. The predicted molar refractivity (Wildman–Crippen MR) is 55.8 cm³/mol. The van der Waals surface area contributed by atoms with Crippen molar-refractivity contribution in [1.29, 1.82) is 0 Å². The summed E-state index contributed by atoms with van der Waals surface area (Å²) in [5, 5.41) is 8.90. The number of carboxylic acid groups (broad SMARTS) is 1. The lowest BCUT2D eigenvalue weighted by molar-refractivity contribution is -0.157. The average molecular weight is 213 g/mol. The SMILES string of the molecule is O=C(O)C1CN(C2CCCCC2)CCO1. The number of hydrogen-bond acceptors (Lipinski definition) is 3. The quantitative estimate of drug-likeness (QED) is 0.746. The Morgan fingerprint density at radius 3 is 2.67 bits per heavy atom. The molecule has 0 aromatic rings. The largest absolute Gasteiger partial charge is 0.479 e. The Morgan fingerprint density at radius 1 is 1.27 bits per heavy atom. The minimum Gasteiger partial charge on any atom is -0.479 e. The second-order valence-electron chi connectivity index (χ2n) is 4.48. The molecule has 4 nitrogen and oxygen atoms in total. The van der Waals surface area contributed by atoms with Crippen LogP contribution in [-0.2, 0) is 9.53 Å². The molecule has 15 heavy (non-hydrogen) atoms. The highest BCUT2D eigenvalue weighted by Gasteiger charge is 2.30. The van der Waals surface area contributed by atoms with E-state index in [-0.39, 0.29) is 0 Å². The summed E-state index contributed by atoms with van der Waals surface area (Å²) in [6.45, 7) is 2.03. The van der Waals surface area contributed by atoms with E-state index in [0.717, 1.165) is 6.54 Å². The summed E-state index contributed by atoms with van der Waals surface area (Å²) in [5.74, 6) is -0.824. The summed E-state index contributed by atoms with van der Waals surface area (Å²) in [7, 11) is 0. The van der Waals surface area contributed by atoms with Crippen molar-refractivity contribution in [3.8, 4) is 0 Å². The number of rotatable bonds is 2. The second-order valence-corrected chi connectivity index (χ2v) is 4.48. The summed E-state index contributed by atoms with van der Waals surface area (Å²) in [6, 6.07) is 0.601. The van der Waals surface area contributed by atoms with Crippen LogP contribution < -0.4 is 0 Å². The Kier molecular flexibility index (Phi) is 3.59. The Hall–Kier alpha value is -0.610. The van der Waals surface area contributed by atoms with E-state index in [1.54, 1.807) is 0 Å². The Balaban J connectivity index is 1.88. The van der Waals surface area contributed by atoms with Crippen LogP contribution in [0.15, 0.2) is 0 Å². The van der Waals surface area contributed by atoms with Crippen LogP contribution >= 0.6 is 0 Å². The highest BCUT2D eigenvalue weighted by molar-refractivity contribution is 5.72. The summed E-state index contributed by atoms with van der Waals surface area (Å²) < 4.78 is 5.22. The van der Waals surface area contributed by atoms with E-state index < -0.39 is 12.1 Å². The van der Waals surface area contributed by atoms with Crippen LogP contribution in [0.3, 0.4) is 0 Å². The van der Waals surface area contributed by atoms with Crippen LogP contribution in [0.4, 0.5) is 0 Å². The van der Waals surface area contributed by atoms with E-state index in [4.69, 9.17) is 9.84 Å². The smallest absolute Gasteiger partial charge is 0.334 e. The highest BCUT2D eigenvalue weighted by Crippen LogP contribution is 2.24. The standard InChI is InChI=1S/C11H19NO3/c13-11(14)10-8-12(6-7-15-10)9-4-2-1-3-5-9/h9-10H,1-8H2,(H,13,14). The molecule has 4 heteroatoms. The number of carbonyl (C=O) groups is 1. The van der Waals surface area contributed by atoms with Crippen LogP contribution in [-0.4, -0.2) is 47.8 Å². The van der Waals surface area contributed by atoms with Crippen molar-refractivity contribution in [2.75, 3.05) is 19.7 Å². The van der Waals surface area contributed by atoms with E-state index in [1.165, 1.54) is 32.1 Å². The van der Waals surface area contributed by atoms with Crippen molar-refractivity contribution in [3.05, 3.63) is 0 Å². The number of morpholine rings is 1. The molecule has 1 N–H and O–H groups in total. The maximum Gasteiger partial charge on any atom is 0.334 e. The molecule has 0 amide bonds. The van der Waals surface area contributed by atoms with E-state index in [2.05, 4.69) is 4.90 Å². The Bertz CT molecular complexity index is 226. The van der Waals surface area contributed by atoms with Crippen molar-refractivity contribution in [2.45, 2.75) is 44.2 Å². The first-order valence-electron chi connectivity index (χ1n) is 5.86. The third kappa shape index (κ3) is 2.69. The fourth-order valence-corrected chi connectivity index (χ4v) is 2.60. The van der Waals surface area contributed by atoms with Gasteiger partial charge in [-0.2, -0.15) is 0 Å². The van der Waals surface area contributed by atoms with Gasteiger partial charge in [-0.1, -0.05) is 19.3 Å². The van der Waals surface area contributed by atoms with Crippen LogP contribution in [0.2, 0.25) is 0 Å². The molecule has 1 heterocycles. The first-order chi connectivity index (χ1) is 7.27. The van der Waals surface area contributed by atoms with Gasteiger partial charge in [0, 0.05) is 19.1 Å². The van der Waals surface area contributed by atoms with Gasteiger partial charge in [-0.25, -0.2) is 4.79 Å². The van der Waals surface area contributed by atoms with Gasteiger partial charge in [-0.3, -0.25) is 4.90 Å². The molecular formula is C11H19NO3. The summed E-state index contributed by atoms with van der Waals surface area (Å²) in [4.78, 5) is 13.1. The van der Waals surface area contributed by atoms with Gasteiger partial charge in [-0.15, -0.1) is 0 Å². The molecule has 2 aliphatic rings. The monoisotopic (exact) mass is 213 g/mol. The maximum absolute atomic E-state index is 10.8. The van der Waals surface area contributed by atoms with Crippen molar-refractivity contribution in [1.82, 2.24) is 4.90 Å². The number of nitrogens with zero attached hydrogens (tertiary/aromatic N) is 1. The highest BCUT2D eigenvalue weighted by atomic mass is 16.5. The summed E-state index contributed by atoms with van der Waals surface area (Å²) in [6.07, 6.45) is 5.77. The zero-order valence-electron chi connectivity index (χ0n) is 9.02. The van der Waals surface area contributed by atoms with E-state index in [0.29, 0.717) is 19.2 Å². The van der Waals surface area contributed by atoms with Gasteiger partial charge < -0.3 is 9.84 Å². The van der Waals surface area contributed by atoms with Crippen molar-refractivity contribution < 1.29 is 14.6 Å². The zero-order valence-corrected chi connectivity index (χ0v) is 9.02. The summed E-state index contributed by atoms with van der Waals surface area (Å²) >= 11 is 0. The molecule has 1 saturated heterocycles. The Labute approximate surface area is 90.2 Å². The summed E-state index contributed by atoms with van der Waals surface area (Å²) in [5.41, 5.74) is 0. The van der Waals surface area contributed by atoms with Gasteiger partial charge in [0.2, 0.25) is 0 Å². The number of carboxylic acids is 1. The first kappa shape index (κ1) is 10.9. The zero-order chi connectivity index (χ0) is 10.7. The topological polar surface area (TPSA) is 49.8 Å². The molecule has 0 spiro atoms. The number of hydrogen-bond donors (Lipinski definition) is 1. The second kappa shape index (κ2) is 4.94.